The Hall–Kier alpha value is -1.39. The summed E-state index contributed by atoms with van der Waals surface area (Å²) in [5, 5.41) is 0. The van der Waals surface area contributed by atoms with E-state index in [9.17, 15) is 4.79 Å². The van der Waals surface area contributed by atoms with E-state index in [-0.39, 0.29) is 18.2 Å². The lowest BCUT2D eigenvalue weighted by atomic mass is 10.2. The summed E-state index contributed by atoms with van der Waals surface area (Å²) in [6, 6.07) is 9.73. The SMILES string of the molecule is C[C@@H]1CN(CC(=O)OCc2ccccc2)C[C@@H](C)O1. The molecule has 1 aromatic carbocycles. The molecule has 1 aromatic rings. The Morgan fingerprint density at radius 3 is 2.53 bits per heavy atom. The van der Waals surface area contributed by atoms with Crippen LogP contribution in [0.1, 0.15) is 19.4 Å². The van der Waals surface area contributed by atoms with Crippen LogP contribution in [-0.4, -0.2) is 42.7 Å². The number of carbonyl (C=O) groups is 1. The van der Waals surface area contributed by atoms with Crippen molar-refractivity contribution in [2.75, 3.05) is 19.6 Å². The Morgan fingerprint density at radius 1 is 1.26 bits per heavy atom. The van der Waals surface area contributed by atoms with E-state index in [0.29, 0.717) is 13.2 Å². The molecular formula is C15H21NO3. The van der Waals surface area contributed by atoms with E-state index in [4.69, 9.17) is 9.47 Å². The molecule has 0 saturated carbocycles. The average Bonchev–Trinajstić information content (AvgIpc) is 2.36. The first-order valence-electron chi connectivity index (χ1n) is 6.71. The van der Waals surface area contributed by atoms with Crippen molar-refractivity contribution in [3.05, 3.63) is 35.9 Å². The van der Waals surface area contributed by atoms with E-state index in [2.05, 4.69) is 4.90 Å². The van der Waals surface area contributed by atoms with Crippen LogP contribution in [-0.2, 0) is 20.9 Å². The number of benzene rings is 1. The topological polar surface area (TPSA) is 38.8 Å². The highest BCUT2D eigenvalue weighted by molar-refractivity contribution is 5.71. The number of ether oxygens (including phenoxy) is 2. The third-order valence-electron chi connectivity index (χ3n) is 3.09. The van der Waals surface area contributed by atoms with Crippen molar-refractivity contribution in [1.82, 2.24) is 4.90 Å². The van der Waals surface area contributed by atoms with Gasteiger partial charge in [-0.2, -0.15) is 0 Å². The molecule has 0 aromatic heterocycles. The fourth-order valence-electron chi connectivity index (χ4n) is 2.38. The van der Waals surface area contributed by atoms with Gasteiger partial charge in [0.05, 0.1) is 18.8 Å². The van der Waals surface area contributed by atoms with E-state index in [1.54, 1.807) is 0 Å². The summed E-state index contributed by atoms with van der Waals surface area (Å²) in [4.78, 5) is 13.9. The van der Waals surface area contributed by atoms with Gasteiger partial charge in [0.25, 0.3) is 0 Å². The fraction of sp³-hybridized carbons (Fsp3) is 0.533. The first-order chi connectivity index (χ1) is 9.13. The number of morpholine rings is 1. The maximum absolute atomic E-state index is 11.8. The Balaban J connectivity index is 1.75. The van der Waals surface area contributed by atoms with Gasteiger partial charge in [-0.15, -0.1) is 0 Å². The lowest BCUT2D eigenvalue weighted by molar-refractivity contribution is -0.149. The number of esters is 1. The van der Waals surface area contributed by atoms with Gasteiger partial charge < -0.3 is 9.47 Å². The molecular weight excluding hydrogens is 242 g/mol. The quantitative estimate of drug-likeness (QED) is 0.777. The summed E-state index contributed by atoms with van der Waals surface area (Å²) in [7, 11) is 0. The minimum Gasteiger partial charge on any atom is -0.460 e. The second-order valence-electron chi connectivity index (χ2n) is 5.10. The zero-order valence-electron chi connectivity index (χ0n) is 11.5. The lowest BCUT2D eigenvalue weighted by Gasteiger charge is -2.34. The molecule has 1 fully saturated rings. The van der Waals surface area contributed by atoms with E-state index >= 15 is 0 Å². The van der Waals surface area contributed by atoms with Crippen LogP contribution < -0.4 is 0 Å². The molecule has 19 heavy (non-hydrogen) atoms. The van der Waals surface area contributed by atoms with Crippen molar-refractivity contribution in [2.45, 2.75) is 32.7 Å². The van der Waals surface area contributed by atoms with E-state index < -0.39 is 0 Å². The molecule has 1 heterocycles. The summed E-state index contributed by atoms with van der Waals surface area (Å²) in [6.07, 6.45) is 0.344. The Morgan fingerprint density at radius 2 is 1.89 bits per heavy atom. The van der Waals surface area contributed by atoms with Crippen LogP contribution in [0.15, 0.2) is 30.3 Å². The van der Waals surface area contributed by atoms with Gasteiger partial charge in [-0.1, -0.05) is 30.3 Å². The number of nitrogens with zero attached hydrogens (tertiary/aromatic N) is 1. The van der Waals surface area contributed by atoms with E-state index in [1.807, 2.05) is 44.2 Å². The molecule has 1 aliphatic heterocycles. The fourth-order valence-corrected chi connectivity index (χ4v) is 2.38. The summed E-state index contributed by atoms with van der Waals surface area (Å²) < 4.78 is 10.9. The second kappa shape index (κ2) is 6.68. The van der Waals surface area contributed by atoms with Crippen LogP contribution in [0, 0.1) is 0 Å². The zero-order valence-corrected chi connectivity index (χ0v) is 11.5. The number of hydrogen-bond donors (Lipinski definition) is 0. The van der Waals surface area contributed by atoms with Crippen molar-refractivity contribution in [3.8, 4) is 0 Å². The van der Waals surface area contributed by atoms with E-state index in [1.165, 1.54) is 0 Å². The molecule has 0 aliphatic carbocycles. The van der Waals surface area contributed by atoms with Gasteiger partial charge in [-0.05, 0) is 19.4 Å². The Kier molecular flexibility index (Phi) is 4.93. The van der Waals surface area contributed by atoms with Crippen LogP contribution in [0.3, 0.4) is 0 Å². The van der Waals surface area contributed by atoms with Crippen molar-refractivity contribution >= 4 is 5.97 Å². The highest BCUT2D eigenvalue weighted by atomic mass is 16.5. The predicted molar refractivity (Wildman–Crippen MR) is 72.7 cm³/mol. The number of hydrogen-bond acceptors (Lipinski definition) is 4. The molecule has 0 N–H and O–H groups in total. The standard InChI is InChI=1S/C15H21NO3/c1-12-8-16(9-13(2)19-12)10-15(17)18-11-14-6-4-3-5-7-14/h3-7,12-13H,8-11H2,1-2H3/t12-,13-/m1/s1. The first-order valence-corrected chi connectivity index (χ1v) is 6.71. The number of carbonyl (C=O) groups excluding carboxylic acids is 1. The molecule has 4 heteroatoms. The molecule has 2 atom stereocenters. The normalized spacial score (nSPS) is 24.1. The van der Waals surface area contributed by atoms with Gasteiger partial charge >= 0.3 is 5.97 Å². The van der Waals surface area contributed by atoms with E-state index in [0.717, 1.165) is 18.7 Å². The molecule has 2 rings (SSSR count). The third kappa shape index (κ3) is 4.65. The maximum Gasteiger partial charge on any atom is 0.320 e. The molecule has 0 bridgehead atoms. The number of rotatable bonds is 4. The molecule has 0 amide bonds. The van der Waals surface area contributed by atoms with Crippen molar-refractivity contribution in [1.29, 1.82) is 0 Å². The molecule has 1 saturated heterocycles. The monoisotopic (exact) mass is 263 g/mol. The predicted octanol–water partition coefficient (Wildman–Crippen LogP) is 1.84. The van der Waals surface area contributed by atoms with Gasteiger partial charge in [-0.3, -0.25) is 9.69 Å². The van der Waals surface area contributed by atoms with Gasteiger partial charge in [-0.25, -0.2) is 0 Å². The maximum atomic E-state index is 11.8. The van der Waals surface area contributed by atoms with Crippen molar-refractivity contribution < 1.29 is 14.3 Å². The highest BCUT2D eigenvalue weighted by Crippen LogP contribution is 2.10. The van der Waals surface area contributed by atoms with Crippen LogP contribution in [0.4, 0.5) is 0 Å². The molecule has 4 nitrogen and oxygen atoms in total. The Labute approximate surface area is 114 Å². The van der Waals surface area contributed by atoms with Gasteiger partial charge in [0.15, 0.2) is 0 Å². The van der Waals surface area contributed by atoms with Crippen molar-refractivity contribution in [3.63, 3.8) is 0 Å². The second-order valence-corrected chi connectivity index (χ2v) is 5.10. The minimum atomic E-state index is -0.176. The zero-order chi connectivity index (χ0) is 13.7. The van der Waals surface area contributed by atoms with Crippen LogP contribution >= 0.6 is 0 Å². The lowest BCUT2D eigenvalue weighted by Crippen LogP contribution is -2.47. The molecule has 0 unspecified atom stereocenters. The smallest absolute Gasteiger partial charge is 0.320 e. The van der Waals surface area contributed by atoms with Crippen LogP contribution in [0.5, 0.6) is 0 Å². The van der Waals surface area contributed by atoms with Crippen molar-refractivity contribution in [2.24, 2.45) is 0 Å². The summed E-state index contributed by atoms with van der Waals surface area (Å²) >= 11 is 0. The highest BCUT2D eigenvalue weighted by Gasteiger charge is 2.24. The van der Waals surface area contributed by atoms with Gasteiger partial charge in [0.1, 0.15) is 6.61 Å². The third-order valence-corrected chi connectivity index (χ3v) is 3.09. The molecule has 1 aliphatic rings. The first kappa shape index (κ1) is 14.0. The summed E-state index contributed by atoms with van der Waals surface area (Å²) in [5.74, 6) is -0.176. The summed E-state index contributed by atoms with van der Waals surface area (Å²) in [5.41, 5.74) is 1.01. The van der Waals surface area contributed by atoms with Gasteiger partial charge in [0.2, 0.25) is 0 Å². The Bertz CT molecular complexity index is 397. The molecule has 0 radical (unpaired) electrons. The average molecular weight is 263 g/mol. The molecule has 0 spiro atoms. The summed E-state index contributed by atoms with van der Waals surface area (Å²) in [6.45, 7) is 6.30. The van der Waals surface area contributed by atoms with Crippen LogP contribution in [0.25, 0.3) is 0 Å². The van der Waals surface area contributed by atoms with Crippen LogP contribution in [0.2, 0.25) is 0 Å². The largest absolute Gasteiger partial charge is 0.460 e. The minimum absolute atomic E-state index is 0.172. The molecule has 104 valence electrons. The van der Waals surface area contributed by atoms with Gasteiger partial charge in [0, 0.05) is 13.1 Å².